The predicted molar refractivity (Wildman–Crippen MR) is 72.3 cm³/mol. The van der Waals surface area contributed by atoms with Gasteiger partial charge in [0, 0.05) is 16.2 Å². The average molecular weight is 256 g/mol. The van der Waals surface area contributed by atoms with Gasteiger partial charge in [-0.3, -0.25) is 4.79 Å². The highest BCUT2D eigenvalue weighted by Gasteiger charge is 2.24. The molecule has 0 atom stereocenters. The molecule has 0 aromatic heterocycles. The van der Waals surface area contributed by atoms with E-state index >= 15 is 0 Å². The lowest BCUT2D eigenvalue weighted by molar-refractivity contribution is 0.103. The predicted octanol–water partition coefficient (Wildman–Crippen LogP) is 3.54. The Balaban J connectivity index is 2.24. The second-order valence-electron chi connectivity index (χ2n) is 4.43. The quantitative estimate of drug-likeness (QED) is 0.783. The smallest absolute Gasteiger partial charge is 0.198 e. The van der Waals surface area contributed by atoms with Gasteiger partial charge in [0.15, 0.2) is 5.78 Å². The molecule has 0 unspecified atom stereocenters. The highest BCUT2D eigenvalue weighted by Crippen LogP contribution is 2.37. The van der Waals surface area contributed by atoms with Gasteiger partial charge in [0.2, 0.25) is 0 Å². The number of phenols is 1. The van der Waals surface area contributed by atoms with Crippen LogP contribution in [-0.2, 0) is 5.75 Å². The number of benzene rings is 2. The van der Waals surface area contributed by atoms with Crippen molar-refractivity contribution in [1.82, 2.24) is 0 Å². The zero-order valence-corrected chi connectivity index (χ0v) is 10.8. The molecule has 0 fully saturated rings. The van der Waals surface area contributed by atoms with Crippen molar-refractivity contribution in [2.75, 3.05) is 0 Å². The van der Waals surface area contributed by atoms with Crippen LogP contribution in [-0.4, -0.2) is 10.9 Å². The second kappa shape index (κ2) is 4.18. The Hall–Kier alpha value is -1.74. The van der Waals surface area contributed by atoms with Crippen LogP contribution in [0, 0.1) is 6.92 Å². The summed E-state index contributed by atoms with van der Waals surface area (Å²) in [5.41, 5.74) is 3.18. The molecule has 0 bridgehead atoms. The van der Waals surface area contributed by atoms with Crippen LogP contribution in [0.1, 0.15) is 27.0 Å². The number of thioether (sulfide) groups is 1. The molecular weight excluding hydrogens is 244 g/mol. The molecule has 0 amide bonds. The van der Waals surface area contributed by atoms with Crippen LogP contribution >= 0.6 is 11.8 Å². The fraction of sp³-hybridized carbons (Fsp3) is 0.133. The zero-order valence-electron chi connectivity index (χ0n) is 9.93. The van der Waals surface area contributed by atoms with E-state index in [0.29, 0.717) is 16.9 Å². The van der Waals surface area contributed by atoms with Crippen LogP contribution in [0.2, 0.25) is 0 Å². The van der Waals surface area contributed by atoms with Crippen molar-refractivity contribution >= 4 is 17.5 Å². The number of aromatic hydroxyl groups is 1. The molecule has 3 heteroatoms. The summed E-state index contributed by atoms with van der Waals surface area (Å²) in [5, 5.41) is 9.90. The molecule has 3 rings (SSSR count). The molecule has 0 radical (unpaired) electrons. The van der Waals surface area contributed by atoms with Crippen LogP contribution in [0.15, 0.2) is 41.3 Å². The number of rotatable bonds is 0. The van der Waals surface area contributed by atoms with Crippen molar-refractivity contribution in [3.05, 3.63) is 58.7 Å². The fourth-order valence-electron chi connectivity index (χ4n) is 2.20. The van der Waals surface area contributed by atoms with E-state index in [1.807, 2.05) is 31.2 Å². The number of hydrogen-bond acceptors (Lipinski definition) is 3. The molecule has 0 saturated heterocycles. The third-order valence-electron chi connectivity index (χ3n) is 3.12. The summed E-state index contributed by atoms with van der Waals surface area (Å²) in [6, 6.07) is 11.1. The van der Waals surface area contributed by atoms with E-state index in [9.17, 15) is 9.90 Å². The van der Waals surface area contributed by atoms with E-state index in [2.05, 4.69) is 0 Å². The molecular formula is C15H12O2S. The Kier molecular flexibility index (Phi) is 2.63. The number of phenolic OH excluding ortho intramolecular Hbond substituents is 1. The van der Waals surface area contributed by atoms with E-state index in [0.717, 1.165) is 16.0 Å². The summed E-state index contributed by atoms with van der Waals surface area (Å²) < 4.78 is 0. The molecule has 1 heterocycles. The van der Waals surface area contributed by atoms with Gasteiger partial charge in [-0.15, -0.1) is 11.8 Å². The number of aryl methyl sites for hydroxylation is 1. The molecule has 0 saturated carbocycles. The van der Waals surface area contributed by atoms with Crippen LogP contribution in [0.4, 0.5) is 0 Å². The van der Waals surface area contributed by atoms with Gasteiger partial charge in [0.05, 0.1) is 5.56 Å². The monoisotopic (exact) mass is 256 g/mol. The third-order valence-corrected chi connectivity index (χ3v) is 4.22. The van der Waals surface area contributed by atoms with Gasteiger partial charge in [0.1, 0.15) is 5.75 Å². The van der Waals surface area contributed by atoms with Gasteiger partial charge in [-0.25, -0.2) is 0 Å². The Morgan fingerprint density at radius 1 is 1.22 bits per heavy atom. The van der Waals surface area contributed by atoms with Crippen LogP contribution in [0.5, 0.6) is 5.75 Å². The Morgan fingerprint density at radius 3 is 2.89 bits per heavy atom. The Morgan fingerprint density at radius 2 is 2.06 bits per heavy atom. The lowest BCUT2D eigenvalue weighted by atomic mass is 9.97. The lowest BCUT2D eigenvalue weighted by Crippen LogP contribution is -2.04. The minimum Gasteiger partial charge on any atom is -0.507 e. The van der Waals surface area contributed by atoms with Gasteiger partial charge >= 0.3 is 0 Å². The maximum atomic E-state index is 12.5. The van der Waals surface area contributed by atoms with E-state index in [1.54, 1.807) is 23.9 Å². The minimum absolute atomic E-state index is 0.0755. The summed E-state index contributed by atoms with van der Waals surface area (Å²) in [4.78, 5) is 13.5. The average Bonchev–Trinajstić information content (AvgIpc) is 2.48. The second-order valence-corrected chi connectivity index (χ2v) is 5.45. The van der Waals surface area contributed by atoms with Gasteiger partial charge in [-0.2, -0.15) is 0 Å². The lowest BCUT2D eigenvalue weighted by Gasteiger charge is -2.06. The first-order valence-electron chi connectivity index (χ1n) is 5.76. The maximum Gasteiger partial charge on any atom is 0.198 e. The number of ketones is 1. The van der Waals surface area contributed by atoms with Crippen molar-refractivity contribution in [3.63, 3.8) is 0 Å². The van der Waals surface area contributed by atoms with Gasteiger partial charge in [-0.1, -0.05) is 18.2 Å². The first-order chi connectivity index (χ1) is 8.66. The molecule has 1 aliphatic heterocycles. The first kappa shape index (κ1) is 11.4. The summed E-state index contributed by atoms with van der Waals surface area (Å²) in [6.45, 7) is 2.01. The van der Waals surface area contributed by atoms with Crippen molar-refractivity contribution < 1.29 is 9.90 Å². The molecule has 0 spiro atoms. The highest BCUT2D eigenvalue weighted by molar-refractivity contribution is 7.98. The van der Waals surface area contributed by atoms with E-state index < -0.39 is 0 Å². The molecule has 18 heavy (non-hydrogen) atoms. The molecule has 90 valence electrons. The summed E-state index contributed by atoms with van der Waals surface area (Å²) in [5.74, 6) is 0.709. The fourth-order valence-corrected chi connectivity index (χ4v) is 3.33. The largest absolute Gasteiger partial charge is 0.507 e. The Bertz CT molecular complexity index is 647. The minimum atomic E-state index is -0.0805. The topological polar surface area (TPSA) is 37.3 Å². The SMILES string of the molecule is Cc1ccc2c(c1)SCc1cccc(O)c1C2=O. The van der Waals surface area contributed by atoms with Crippen LogP contribution < -0.4 is 0 Å². The van der Waals surface area contributed by atoms with Crippen molar-refractivity contribution in [2.24, 2.45) is 0 Å². The third kappa shape index (κ3) is 1.71. The van der Waals surface area contributed by atoms with Crippen LogP contribution in [0.25, 0.3) is 0 Å². The molecule has 1 aliphatic rings. The van der Waals surface area contributed by atoms with Gasteiger partial charge < -0.3 is 5.11 Å². The van der Waals surface area contributed by atoms with Crippen molar-refractivity contribution in [3.8, 4) is 5.75 Å². The van der Waals surface area contributed by atoms with E-state index in [-0.39, 0.29) is 11.5 Å². The first-order valence-corrected chi connectivity index (χ1v) is 6.74. The van der Waals surface area contributed by atoms with Crippen LogP contribution in [0.3, 0.4) is 0 Å². The molecule has 1 N–H and O–H groups in total. The molecule has 0 aliphatic carbocycles. The summed E-state index contributed by atoms with van der Waals surface area (Å²) in [6.07, 6.45) is 0. The number of carbonyl (C=O) groups is 1. The molecule has 2 aromatic rings. The van der Waals surface area contributed by atoms with Gasteiger partial charge in [-0.05, 0) is 36.2 Å². The van der Waals surface area contributed by atoms with Crippen molar-refractivity contribution in [2.45, 2.75) is 17.6 Å². The van der Waals surface area contributed by atoms with Crippen molar-refractivity contribution in [1.29, 1.82) is 0 Å². The number of fused-ring (bicyclic) bond motifs is 2. The van der Waals surface area contributed by atoms with E-state index in [1.165, 1.54) is 0 Å². The normalized spacial score (nSPS) is 13.7. The molecule has 2 nitrogen and oxygen atoms in total. The highest BCUT2D eigenvalue weighted by atomic mass is 32.2. The zero-order chi connectivity index (χ0) is 12.7. The Labute approximate surface area is 110 Å². The van der Waals surface area contributed by atoms with Gasteiger partial charge in [0.25, 0.3) is 0 Å². The maximum absolute atomic E-state index is 12.5. The standard InChI is InChI=1S/C15H12O2S/c1-9-5-6-11-13(7-9)18-8-10-3-2-4-12(16)14(10)15(11)17/h2-7,16H,8H2,1H3. The number of carbonyl (C=O) groups excluding carboxylic acids is 1. The molecule has 2 aromatic carbocycles. The summed E-state index contributed by atoms with van der Waals surface area (Å²) in [7, 11) is 0. The number of hydrogen-bond donors (Lipinski definition) is 1. The summed E-state index contributed by atoms with van der Waals surface area (Å²) >= 11 is 1.65. The van der Waals surface area contributed by atoms with E-state index in [4.69, 9.17) is 0 Å².